The van der Waals surface area contributed by atoms with Gasteiger partial charge in [-0.15, -0.1) is 0 Å². The van der Waals surface area contributed by atoms with Crippen LogP contribution in [0.5, 0.6) is 0 Å². The van der Waals surface area contributed by atoms with E-state index >= 15 is 0 Å². The van der Waals surface area contributed by atoms with Crippen molar-refractivity contribution in [2.24, 2.45) is 5.73 Å². The van der Waals surface area contributed by atoms with Crippen molar-refractivity contribution in [2.75, 3.05) is 29.2 Å². The van der Waals surface area contributed by atoms with Gasteiger partial charge in [-0.2, -0.15) is 13.2 Å². The van der Waals surface area contributed by atoms with Gasteiger partial charge in [0.15, 0.2) is 32.9 Å². The fourth-order valence-electron chi connectivity index (χ4n) is 11.8. The number of rotatable bonds is 14. The highest BCUT2D eigenvalue weighted by atomic mass is 32.2. The molecule has 8 aromatic heterocycles. The molecule has 12 aromatic rings. The van der Waals surface area contributed by atoms with Gasteiger partial charge in [-0.05, 0) is 108 Å². The molecule has 12 heterocycles. The molecule has 1 amide bonds. The van der Waals surface area contributed by atoms with Crippen LogP contribution in [0.4, 0.5) is 37.0 Å². The maximum absolute atomic E-state index is 13.2. The lowest BCUT2D eigenvalue weighted by Gasteiger charge is -2.15. The molecule has 4 aromatic carbocycles. The summed E-state index contributed by atoms with van der Waals surface area (Å²) in [5.74, 6) is -1.19. The SMILES string of the molecule is CS(=O)(=O)c1ccc(CC2OC(=O)c3c(-c4ccco4)nc(N)nc32)cc1.Cc1ccc(CC2OC(=O)c3c(-c4ccco4)nc(N)nc32)cc1.NC(=O)c1ccc(CC2OC(=O)c3c(-c4ccco4)nc(N)nc32)cc1.Nc1nc(-c2ccco2)c2c(n1)C(Cc1ccccc1C(F)(F)F)OC2=O. The minimum atomic E-state index is -4.52. The lowest BCUT2D eigenvalue weighted by Crippen LogP contribution is -2.12. The summed E-state index contributed by atoms with van der Waals surface area (Å²) in [6, 6.07) is 39.7. The first kappa shape index (κ1) is 69.1. The van der Waals surface area contributed by atoms with E-state index < -0.39 is 75.8 Å². The van der Waals surface area contributed by atoms with Crippen molar-refractivity contribution in [3.05, 3.63) is 255 Å². The number of nitrogens with zero attached hydrogens (tertiary/aromatic N) is 8. The number of primary amides is 1. The number of esters is 4. The second-order valence-electron chi connectivity index (χ2n) is 23.7. The maximum Gasteiger partial charge on any atom is 0.416 e. The van der Waals surface area contributed by atoms with Gasteiger partial charge in [-0.1, -0.05) is 72.3 Å². The summed E-state index contributed by atoms with van der Waals surface area (Å²) in [7, 11) is -3.27. The Kier molecular flexibility index (Phi) is 18.8. The molecule has 4 unspecified atom stereocenters. The quantitative estimate of drug-likeness (QED) is 0.0498. The van der Waals surface area contributed by atoms with Crippen LogP contribution in [0.15, 0.2) is 193 Å². The largest absolute Gasteiger partial charge is 0.463 e. The van der Waals surface area contributed by atoms with Crippen molar-refractivity contribution in [1.29, 1.82) is 0 Å². The number of anilines is 4. The summed E-state index contributed by atoms with van der Waals surface area (Å²) in [6.45, 7) is 2.03. The van der Waals surface area contributed by atoms with Crippen molar-refractivity contribution >= 4 is 63.4 Å². The minimum Gasteiger partial charge on any atom is -0.463 e. The number of hydrogen-bond acceptors (Lipinski definition) is 27. The number of cyclic esters (lactones) is 4. The molecular weight excluding hydrogens is 1380 g/mol. The number of carbonyl (C=O) groups excluding carboxylic acids is 5. The number of sulfone groups is 1. The summed E-state index contributed by atoms with van der Waals surface area (Å²) < 4.78 is 106. The number of nitrogens with two attached hydrogens (primary N) is 5. The van der Waals surface area contributed by atoms with Crippen LogP contribution in [-0.2, 0) is 60.6 Å². The first-order valence-electron chi connectivity index (χ1n) is 31.4. The molecule has 0 bridgehead atoms. The molecule has 4 aliphatic rings. The number of amides is 1. The smallest absolute Gasteiger partial charge is 0.416 e. The number of aryl methyl sites for hydroxylation is 1. The molecule has 0 spiro atoms. The fourth-order valence-corrected chi connectivity index (χ4v) is 12.5. The number of aromatic nitrogens is 8. The second kappa shape index (κ2) is 28.3. The zero-order valence-electron chi connectivity index (χ0n) is 54.4. The zero-order valence-corrected chi connectivity index (χ0v) is 55.3. The predicted molar refractivity (Wildman–Crippen MR) is 361 cm³/mol. The molecule has 0 saturated heterocycles. The zero-order chi connectivity index (χ0) is 73.3. The predicted octanol–water partition coefficient (Wildman–Crippen LogP) is 10.9. The Balaban J connectivity index is 0.000000123. The van der Waals surface area contributed by atoms with E-state index in [0.717, 1.165) is 29.0 Å². The molecule has 10 N–H and O–H groups in total. The van der Waals surface area contributed by atoms with Gasteiger partial charge >= 0.3 is 30.1 Å². The normalized spacial score (nSPS) is 16.0. The van der Waals surface area contributed by atoms with Crippen LogP contribution >= 0.6 is 0 Å². The van der Waals surface area contributed by atoms with Crippen LogP contribution in [0.1, 0.15) is 132 Å². The third-order valence-corrected chi connectivity index (χ3v) is 17.7. The Morgan fingerprint density at radius 1 is 0.423 bits per heavy atom. The van der Waals surface area contributed by atoms with E-state index in [-0.39, 0.29) is 74.5 Å². The highest BCUT2D eigenvalue weighted by Crippen LogP contribution is 2.43. The maximum atomic E-state index is 13.2. The molecule has 16 rings (SSSR count). The van der Waals surface area contributed by atoms with Gasteiger partial charge in [0.25, 0.3) is 0 Å². The van der Waals surface area contributed by atoms with Gasteiger partial charge in [-0.25, -0.2) is 67.5 Å². The number of halogens is 3. The Hall–Kier alpha value is -13.4. The molecule has 32 heteroatoms. The van der Waals surface area contributed by atoms with E-state index in [1.165, 1.54) is 60.9 Å². The molecule has 0 aliphatic carbocycles. The monoisotopic (exact) mass is 1430 g/mol. The molecule has 0 fully saturated rings. The molecule has 0 saturated carbocycles. The van der Waals surface area contributed by atoms with Crippen LogP contribution in [0.25, 0.3) is 45.8 Å². The number of alkyl halides is 3. The molecule has 4 atom stereocenters. The van der Waals surface area contributed by atoms with Gasteiger partial charge in [0.2, 0.25) is 29.7 Å². The van der Waals surface area contributed by atoms with Gasteiger partial charge < -0.3 is 65.3 Å². The summed E-state index contributed by atoms with van der Waals surface area (Å²) in [5.41, 5.74) is 35.4. The van der Waals surface area contributed by atoms with Crippen LogP contribution in [-0.4, -0.2) is 84.3 Å². The molecular formula is C72H56F3N13O15S. The van der Waals surface area contributed by atoms with E-state index in [4.69, 9.17) is 65.3 Å². The molecule has 526 valence electrons. The molecule has 0 radical (unpaired) electrons. The van der Waals surface area contributed by atoms with Gasteiger partial charge in [-0.3, -0.25) is 4.79 Å². The molecule has 104 heavy (non-hydrogen) atoms. The lowest BCUT2D eigenvalue weighted by molar-refractivity contribution is -0.138. The number of fused-ring (bicyclic) bond motifs is 4. The van der Waals surface area contributed by atoms with Crippen LogP contribution < -0.4 is 28.7 Å². The van der Waals surface area contributed by atoms with E-state index in [0.29, 0.717) is 81.8 Å². The Morgan fingerprint density at radius 3 is 1.03 bits per heavy atom. The summed E-state index contributed by atoms with van der Waals surface area (Å²) in [5, 5.41) is 0. The number of carbonyl (C=O) groups is 5. The van der Waals surface area contributed by atoms with Crippen LogP contribution in [0.2, 0.25) is 0 Å². The molecule has 28 nitrogen and oxygen atoms in total. The summed E-state index contributed by atoms with van der Waals surface area (Å²) in [6.07, 6.45) is 0.827. The number of furan rings is 4. The average molecular weight is 1430 g/mol. The fraction of sp³-hybridized carbons (Fsp3) is 0.153. The minimum absolute atomic E-state index is 0.00705. The second-order valence-corrected chi connectivity index (χ2v) is 25.7. The van der Waals surface area contributed by atoms with Crippen molar-refractivity contribution < 1.29 is 82.2 Å². The highest BCUT2D eigenvalue weighted by molar-refractivity contribution is 7.90. The summed E-state index contributed by atoms with van der Waals surface area (Å²) >= 11 is 0. The standard InChI is InChI=1S/C18H12F3N3O3.C18H14N4O4.C18H15N3O5S.C18H15N3O3/c19-18(20,21)10-5-2-1-4-9(10)8-12-15-13(16(25)27-12)14(23-17(22)24-15)11-6-3-7-26-11;19-16(23)10-5-3-9(4-6-10)8-12-15-13(17(24)26-12)14(21-18(20)22-15)11-2-1-7-25-11;1-27(23,24)11-6-4-10(5-7-11)9-13-16-14(17(22)26-13)15(20-18(19)21-16)12-3-2-8-25-12;1-10-4-6-11(7-5-10)9-13-16-14(17(22)24-13)15(20-18(19)21-16)12-3-2-8-23-12/h1-7,12H,8H2,(H2,22,23,24);1-7,12H,8H2,(H2,19,23)(H2,20,21,22);2-8,13H,9H2,1H3,(H2,19,20,21);2-8,13H,9H2,1H3,(H2,19,20,21). The Labute approximate surface area is 586 Å². The lowest BCUT2D eigenvalue weighted by atomic mass is 9.98. The van der Waals surface area contributed by atoms with Crippen LogP contribution in [0, 0.1) is 6.92 Å². The van der Waals surface area contributed by atoms with E-state index in [2.05, 4.69) is 39.9 Å². The van der Waals surface area contributed by atoms with E-state index in [1.54, 1.807) is 84.9 Å². The first-order chi connectivity index (χ1) is 49.8. The number of ether oxygens (including phenoxy) is 4. The Bertz CT molecular complexity index is 5380. The summed E-state index contributed by atoms with van der Waals surface area (Å²) in [4.78, 5) is 94.1. The average Bonchev–Trinajstić information content (AvgIpc) is 1.64. The Morgan fingerprint density at radius 2 is 0.731 bits per heavy atom. The van der Waals surface area contributed by atoms with Gasteiger partial charge in [0, 0.05) is 37.5 Å². The number of benzene rings is 4. The third kappa shape index (κ3) is 14.6. The molecule has 4 aliphatic heterocycles. The van der Waals surface area contributed by atoms with E-state index in [1.807, 2.05) is 31.2 Å². The first-order valence-corrected chi connectivity index (χ1v) is 33.3. The van der Waals surface area contributed by atoms with Crippen molar-refractivity contribution in [2.45, 2.75) is 68.1 Å². The van der Waals surface area contributed by atoms with Crippen LogP contribution in [0.3, 0.4) is 0 Å². The van der Waals surface area contributed by atoms with Gasteiger partial charge in [0.1, 0.15) is 92.2 Å². The third-order valence-electron chi connectivity index (χ3n) is 16.6. The van der Waals surface area contributed by atoms with Crippen molar-refractivity contribution in [3.8, 4) is 45.8 Å². The van der Waals surface area contributed by atoms with Gasteiger partial charge in [0.05, 0.1) is 35.5 Å². The van der Waals surface area contributed by atoms with Crippen molar-refractivity contribution in [3.63, 3.8) is 0 Å². The number of nitrogen functional groups attached to an aromatic ring is 4. The topological polar surface area (TPSA) is 442 Å². The van der Waals surface area contributed by atoms with Crippen molar-refractivity contribution in [1.82, 2.24) is 39.9 Å². The number of hydrogen-bond donors (Lipinski definition) is 5. The highest BCUT2D eigenvalue weighted by Gasteiger charge is 2.43. The van der Waals surface area contributed by atoms with E-state index in [9.17, 15) is 45.6 Å².